The average Bonchev–Trinajstić information content (AvgIpc) is 2.92. The quantitative estimate of drug-likeness (QED) is 0.787. The molecule has 0 saturated carbocycles. The van der Waals surface area contributed by atoms with Crippen molar-refractivity contribution in [1.29, 1.82) is 0 Å². The Kier molecular flexibility index (Phi) is 3.46. The fourth-order valence-electron chi connectivity index (χ4n) is 2.21. The molecule has 4 heteroatoms. The van der Waals surface area contributed by atoms with Crippen molar-refractivity contribution in [2.45, 2.75) is 6.54 Å². The summed E-state index contributed by atoms with van der Waals surface area (Å²) in [6, 6.07) is 15.6. The maximum atomic E-state index is 11.9. The van der Waals surface area contributed by atoms with Gasteiger partial charge in [0.15, 0.2) is 0 Å². The third kappa shape index (κ3) is 2.54. The number of carbonyl (C=O) groups excluding carboxylic acids is 1. The van der Waals surface area contributed by atoms with Gasteiger partial charge in [0, 0.05) is 31.0 Å². The van der Waals surface area contributed by atoms with Crippen molar-refractivity contribution < 1.29 is 4.79 Å². The molecule has 3 rings (SSSR count). The number of aromatic nitrogens is 2. The molecule has 0 atom stereocenters. The number of benzene rings is 1. The van der Waals surface area contributed by atoms with E-state index in [4.69, 9.17) is 0 Å². The van der Waals surface area contributed by atoms with E-state index in [9.17, 15) is 4.79 Å². The van der Waals surface area contributed by atoms with Crippen LogP contribution in [0.25, 0.3) is 10.9 Å². The minimum absolute atomic E-state index is 0.137. The van der Waals surface area contributed by atoms with Gasteiger partial charge in [-0.05, 0) is 29.7 Å². The van der Waals surface area contributed by atoms with E-state index in [0.29, 0.717) is 12.2 Å². The zero-order valence-corrected chi connectivity index (χ0v) is 11.0. The van der Waals surface area contributed by atoms with Crippen LogP contribution < -0.4 is 5.32 Å². The van der Waals surface area contributed by atoms with E-state index in [2.05, 4.69) is 33.1 Å². The highest BCUT2D eigenvalue weighted by molar-refractivity contribution is 5.92. The highest BCUT2D eigenvalue weighted by Gasteiger charge is 2.05. The summed E-state index contributed by atoms with van der Waals surface area (Å²) in [5, 5.41) is 4.09. The maximum absolute atomic E-state index is 11.9. The van der Waals surface area contributed by atoms with E-state index in [1.54, 1.807) is 24.4 Å². The fourth-order valence-corrected chi connectivity index (χ4v) is 2.21. The lowest BCUT2D eigenvalue weighted by molar-refractivity contribution is 0.0947. The summed E-state index contributed by atoms with van der Waals surface area (Å²) in [5.41, 5.74) is 1.63. The van der Waals surface area contributed by atoms with Crippen molar-refractivity contribution in [2.75, 3.05) is 6.54 Å². The van der Waals surface area contributed by atoms with Gasteiger partial charge in [-0.3, -0.25) is 9.78 Å². The van der Waals surface area contributed by atoms with E-state index in [1.165, 1.54) is 10.9 Å². The van der Waals surface area contributed by atoms with Gasteiger partial charge in [-0.25, -0.2) is 0 Å². The van der Waals surface area contributed by atoms with Crippen LogP contribution in [-0.4, -0.2) is 22.0 Å². The molecule has 4 nitrogen and oxygen atoms in total. The van der Waals surface area contributed by atoms with Crippen molar-refractivity contribution in [3.8, 4) is 0 Å². The van der Waals surface area contributed by atoms with Crippen LogP contribution in [0.4, 0.5) is 0 Å². The van der Waals surface area contributed by atoms with Crippen LogP contribution in [-0.2, 0) is 6.54 Å². The second-order valence-electron chi connectivity index (χ2n) is 4.54. The maximum Gasteiger partial charge on any atom is 0.269 e. The molecule has 2 heterocycles. The largest absolute Gasteiger partial charge is 0.349 e. The van der Waals surface area contributed by atoms with Gasteiger partial charge in [-0.2, -0.15) is 0 Å². The molecule has 0 aliphatic rings. The first-order chi connectivity index (χ1) is 9.84. The molecular weight excluding hydrogens is 250 g/mol. The molecule has 1 N–H and O–H groups in total. The molecule has 0 aliphatic carbocycles. The Balaban J connectivity index is 1.62. The fraction of sp³-hybridized carbons (Fsp3) is 0.125. The van der Waals surface area contributed by atoms with Gasteiger partial charge in [0.25, 0.3) is 5.91 Å². The van der Waals surface area contributed by atoms with Crippen molar-refractivity contribution in [2.24, 2.45) is 0 Å². The molecule has 20 heavy (non-hydrogen) atoms. The van der Waals surface area contributed by atoms with Crippen LogP contribution in [0.1, 0.15) is 10.5 Å². The summed E-state index contributed by atoms with van der Waals surface area (Å²) < 4.78 is 2.13. The topological polar surface area (TPSA) is 46.9 Å². The number of hydrogen-bond donors (Lipinski definition) is 1. The third-order valence-corrected chi connectivity index (χ3v) is 3.22. The molecule has 0 unspecified atom stereocenters. The number of rotatable bonds is 4. The molecule has 0 radical (unpaired) electrons. The Labute approximate surface area is 117 Å². The molecule has 1 amide bonds. The lowest BCUT2D eigenvalue weighted by atomic mass is 10.2. The number of pyridine rings is 1. The minimum atomic E-state index is -0.137. The van der Waals surface area contributed by atoms with Crippen LogP contribution in [0.3, 0.4) is 0 Å². The van der Waals surface area contributed by atoms with E-state index in [0.717, 1.165) is 6.54 Å². The Morgan fingerprint density at radius 3 is 2.80 bits per heavy atom. The molecule has 2 aromatic heterocycles. The predicted molar refractivity (Wildman–Crippen MR) is 78.5 cm³/mol. The summed E-state index contributed by atoms with van der Waals surface area (Å²) in [5.74, 6) is -0.137. The zero-order chi connectivity index (χ0) is 13.8. The van der Waals surface area contributed by atoms with E-state index in [1.807, 2.05) is 18.3 Å². The van der Waals surface area contributed by atoms with Gasteiger partial charge in [-0.1, -0.05) is 24.3 Å². The first-order valence-corrected chi connectivity index (χ1v) is 6.58. The van der Waals surface area contributed by atoms with Crippen LogP contribution >= 0.6 is 0 Å². The van der Waals surface area contributed by atoms with Crippen molar-refractivity contribution in [3.63, 3.8) is 0 Å². The number of nitrogens with zero attached hydrogens (tertiary/aromatic N) is 2. The molecule has 100 valence electrons. The third-order valence-electron chi connectivity index (χ3n) is 3.22. The van der Waals surface area contributed by atoms with Crippen molar-refractivity contribution in [3.05, 3.63) is 66.6 Å². The van der Waals surface area contributed by atoms with Crippen LogP contribution in [0.15, 0.2) is 60.9 Å². The lowest BCUT2D eigenvalue weighted by Gasteiger charge is -2.07. The standard InChI is InChI=1S/C16H15N3O/c20-16(14-6-3-4-9-17-14)18-10-12-19-11-8-13-5-1-2-7-15(13)19/h1-9,11H,10,12H2,(H,18,20). The van der Waals surface area contributed by atoms with Gasteiger partial charge >= 0.3 is 0 Å². The molecule has 0 saturated heterocycles. The molecule has 0 spiro atoms. The monoisotopic (exact) mass is 265 g/mol. The average molecular weight is 265 g/mol. The van der Waals surface area contributed by atoms with E-state index >= 15 is 0 Å². The van der Waals surface area contributed by atoms with Gasteiger partial charge in [0.1, 0.15) is 5.69 Å². The number of nitrogens with one attached hydrogen (secondary N) is 1. The Hall–Kier alpha value is -2.62. The Bertz CT molecular complexity index is 719. The first kappa shape index (κ1) is 12.4. The second kappa shape index (κ2) is 5.57. The molecule has 0 bridgehead atoms. The van der Waals surface area contributed by atoms with Crippen LogP contribution in [0.2, 0.25) is 0 Å². The lowest BCUT2D eigenvalue weighted by Crippen LogP contribution is -2.27. The second-order valence-corrected chi connectivity index (χ2v) is 4.54. The summed E-state index contributed by atoms with van der Waals surface area (Å²) in [6.07, 6.45) is 3.66. The van der Waals surface area contributed by atoms with Gasteiger partial charge in [0.05, 0.1) is 0 Å². The van der Waals surface area contributed by atoms with E-state index in [-0.39, 0.29) is 5.91 Å². The Morgan fingerprint density at radius 2 is 1.95 bits per heavy atom. The predicted octanol–water partition coefficient (Wildman–Crippen LogP) is 2.47. The van der Waals surface area contributed by atoms with Crippen LogP contribution in [0.5, 0.6) is 0 Å². The van der Waals surface area contributed by atoms with Gasteiger partial charge < -0.3 is 9.88 Å². The number of fused-ring (bicyclic) bond motifs is 1. The molecule has 1 aromatic carbocycles. The zero-order valence-electron chi connectivity index (χ0n) is 11.0. The molecule has 0 fully saturated rings. The summed E-state index contributed by atoms with van der Waals surface area (Å²) in [6.45, 7) is 1.32. The van der Waals surface area contributed by atoms with Crippen molar-refractivity contribution in [1.82, 2.24) is 14.9 Å². The van der Waals surface area contributed by atoms with Crippen molar-refractivity contribution >= 4 is 16.8 Å². The SMILES string of the molecule is O=C(NCCn1ccc2ccccc21)c1ccccn1. The highest BCUT2D eigenvalue weighted by Crippen LogP contribution is 2.14. The molecular formula is C16H15N3O. The summed E-state index contributed by atoms with van der Waals surface area (Å²) in [4.78, 5) is 15.9. The summed E-state index contributed by atoms with van der Waals surface area (Å²) in [7, 11) is 0. The normalized spacial score (nSPS) is 10.6. The minimum Gasteiger partial charge on any atom is -0.349 e. The highest BCUT2D eigenvalue weighted by atomic mass is 16.1. The number of carbonyl (C=O) groups is 1. The van der Waals surface area contributed by atoms with Crippen LogP contribution in [0, 0.1) is 0 Å². The number of amides is 1. The first-order valence-electron chi connectivity index (χ1n) is 6.58. The van der Waals surface area contributed by atoms with Gasteiger partial charge in [-0.15, -0.1) is 0 Å². The number of para-hydroxylation sites is 1. The van der Waals surface area contributed by atoms with E-state index < -0.39 is 0 Å². The number of hydrogen-bond acceptors (Lipinski definition) is 2. The summed E-state index contributed by atoms with van der Waals surface area (Å²) >= 11 is 0. The molecule has 3 aromatic rings. The van der Waals surface area contributed by atoms with Gasteiger partial charge in [0.2, 0.25) is 0 Å². The smallest absolute Gasteiger partial charge is 0.269 e. The Morgan fingerprint density at radius 1 is 1.10 bits per heavy atom. The molecule has 0 aliphatic heterocycles.